The Morgan fingerprint density at radius 2 is 2.09 bits per heavy atom. The molecule has 0 aliphatic carbocycles. The van der Waals surface area contributed by atoms with E-state index in [1.165, 1.54) is 18.1 Å². The van der Waals surface area contributed by atoms with E-state index >= 15 is 0 Å². The molecule has 0 saturated carbocycles. The highest BCUT2D eigenvalue weighted by Gasteiger charge is 2.33. The van der Waals surface area contributed by atoms with Crippen LogP contribution >= 0.6 is 11.3 Å². The number of halogens is 1. The minimum absolute atomic E-state index is 0.0117. The fourth-order valence-electron chi connectivity index (χ4n) is 3.83. The normalized spacial score (nSPS) is 16.4. The van der Waals surface area contributed by atoms with E-state index in [2.05, 4.69) is 13.8 Å². The van der Waals surface area contributed by atoms with Crippen LogP contribution in [0.2, 0.25) is 0 Å². The van der Waals surface area contributed by atoms with Crippen molar-refractivity contribution >= 4 is 23.2 Å². The second-order valence-electron chi connectivity index (χ2n) is 8.11. The van der Waals surface area contributed by atoms with Gasteiger partial charge in [0.15, 0.2) is 11.6 Å². The number of ether oxygens (including phenoxy) is 2. The van der Waals surface area contributed by atoms with Crippen molar-refractivity contribution in [1.29, 1.82) is 0 Å². The number of carbonyl (C=O) groups is 2. The van der Waals surface area contributed by atoms with Crippen LogP contribution in [-0.4, -0.2) is 61.6 Å². The highest BCUT2D eigenvalue weighted by molar-refractivity contribution is 7.10. The number of para-hydroxylation sites is 1. The molecule has 32 heavy (non-hydrogen) atoms. The highest BCUT2D eigenvalue weighted by Crippen LogP contribution is 2.34. The maximum Gasteiger partial charge on any atom is 0.249 e. The van der Waals surface area contributed by atoms with Crippen LogP contribution in [0.5, 0.6) is 5.75 Å². The molecule has 1 aliphatic rings. The Kier molecular flexibility index (Phi) is 8.64. The fourth-order valence-corrected chi connectivity index (χ4v) is 4.76. The number of fused-ring (bicyclic) bond motifs is 1. The number of thiophene rings is 1. The molecule has 0 bridgehead atoms. The molecule has 0 N–H and O–H groups in total. The molecule has 0 saturated heterocycles. The average Bonchev–Trinajstić information content (AvgIpc) is 3.27. The summed E-state index contributed by atoms with van der Waals surface area (Å²) in [4.78, 5) is 30.5. The van der Waals surface area contributed by atoms with E-state index < -0.39 is 5.82 Å². The minimum atomic E-state index is -0.434. The van der Waals surface area contributed by atoms with E-state index in [0.29, 0.717) is 13.1 Å². The number of nitrogens with zero attached hydrogens (tertiary/aromatic N) is 2. The summed E-state index contributed by atoms with van der Waals surface area (Å²) in [6.07, 6.45) is 1.67. The summed E-state index contributed by atoms with van der Waals surface area (Å²) in [5.74, 6) is -0.341. The topological polar surface area (TPSA) is 59.1 Å². The number of carbonyl (C=O) groups excluding carboxylic acids is 2. The van der Waals surface area contributed by atoms with E-state index in [0.717, 1.165) is 18.4 Å². The van der Waals surface area contributed by atoms with Crippen LogP contribution in [0.3, 0.4) is 0 Å². The first-order valence-corrected chi connectivity index (χ1v) is 11.8. The molecule has 1 aromatic heterocycles. The molecule has 0 radical (unpaired) electrons. The van der Waals surface area contributed by atoms with Gasteiger partial charge in [-0.05, 0) is 41.5 Å². The number of rotatable bonds is 10. The van der Waals surface area contributed by atoms with Gasteiger partial charge in [0.05, 0.1) is 12.6 Å². The summed E-state index contributed by atoms with van der Waals surface area (Å²) in [6.45, 7) is 5.23. The van der Waals surface area contributed by atoms with E-state index in [9.17, 15) is 14.0 Å². The smallest absolute Gasteiger partial charge is 0.249 e. The van der Waals surface area contributed by atoms with Gasteiger partial charge in [-0.25, -0.2) is 4.39 Å². The Morgan fingerprint density at radius 3 is 2.81 bits per heavy atom. The van der Waals surface area contributed by atoms with Gasteiger partial charge in [0.25, 0.3) is 0 Å². The highest BCUT2D eigenvalue weighted by atomic mass is 32.1. The van der Waals surface area contributed by atoms with Crippen LogP contribution in [-0.2, 0) is 20.7 Å². The van der Waals surface area contributed by atoms with Gasteiger partial charge in [0, 0.05) is 25.1 Å². The maximum absolute atomic E-state index is 14.1. The number of benzene rings is 1. The second kappa shape index (κ2) is 11.4. The summed E-state index contributed by atoms with van der Waals surface area (Å²) in [5, 5.41) is 2.01. The molecule has 2 aromatic rings. The number of methoxy groups -OCH3 is 1. The first-order valence-electron chi connectivity index (χ1n) is 10.9. The molecule has 2 amide bonds. The van der Waals surface area contributed by atoms with Crippen molar-refractivity contribution in [1.82, 2.24) is 9.80 Å². The van der Waals surface area contributed by atoms with Crippen LogP contribution in [0.4, 0.5) is 4.39 Å². The van der Waals surface area contributed by atoms with Crippen molar-refractivity contribution in [2.45, 2.75) is 32.7 Å². The standard InChI is InChI=1S/C24H31FN2O4S/c1-4-17(2)13-26(24(29)16-30-3)14-23(28)27-11-9-22-18(10-12-32-22)20(27)15-31-21-8-6-5-7-19(21)25/h5-8,10,12,17,20H,4,9,11,13-16H2,1-3H3/t17-,20+/m1/s1. The molecule has 2 atom stereocenters. The van der Waals surface area contributed by atoms with Crippen molar-refractivity contribution in [2.75, 3.05) is 40.0 Å². The Labute approximate surface area is 192 Å². The average molecular weight is 463 g/mol. The Morgan fingerprint density at radius 1 is 1.31 bits per heavy atom. The largest absolute Gasteiger partial charge is 0.488 e. The Balaban J connectivity index is 1.77. The quantitative estimate of drug-likeness (QED) is 0.537. The Bertz CT molecular complexity index is 919. The van der Waals surface area contributed by atoms with Crippen LogP contribution < -0.4 is 4.74 Å². The third-order valence-corrected chi connectivity index (χ3v) is 6.82. The SMILES string of the molecule is CC[C@@H](C)CN(CC(=O)N1CCc2sccc2[C@@H]1COc1ccccc1F)C(=O)COC. The number of amides is 2. The van der Waals surface area contributed by atoms with Gasteiger partial charge in [0.2, 0.25) is 11.8 Å². The second-order valence-corrected chi connectivity index (χ2v) is 9.11. The zero-order valence-electron chi connectivity index (χ0n) is 18.9. The van der Waals surface area contributed by atoms with Gasteiger partial charge in [-0.1, -0.05) is 32.4 Å². The van der Waals surface area contributed by atoms with Crippen LogP contribution in [0.15, 0.2) is 35.7 Å². The van der Waals surface area contributed by atoms with Gasteiger partial charge < -0.3 is 19.3 Å². The summed E-state index contributed by atoms with van der Waals surface area (Å²) in [5.41, 5.74) is 1.03. The molecular formula is C24H31FN2O4S. The predicted molar refractivity (Wildman–Crippen MR) is 122 cm³/mol. The van der Waals surface area contributed by atoms with E-state index in [1.807, 2.05) is 11.4 Å². The summed E-state index contributed by atoms with van der Waals surface area (Å²) in [6, 6.07) is 7.92. The van der Waals surface area contributed by atoms with E-state index in [4.69, 9.17) is 9.47 Å². The van der Waals surface area contributed by atoms with Gasteiger partial charge in [-0.3, -0.25) is 9.59 Å². The van der Waals surface area contributed by atoms with Crippen molar-refractivity contribution < 1.29 is 23.5 Å². The Hall–Kier alpha value is -2.45. The molecule has 174 valence electrons. The lowest BCUT2D eigenvalue weighted by molar-refractivity contribution is -0.145. The molecule has 3 rings (SSSR count). The molecule has 2 heterocycles. The van der Waals surface area contributed by atoms with Crippen LogP contribution in [0.1, 0.15) is 36.8 Å². The maximum atomic E-state index is 14.1. The van der Waals surface area contributed by atoms with Crippen LogP contribution in [0.25, 0.3) is 0 Å². The third kappa shape index (κ3) is 5.86. The summed E-state index contributed by atoms with van der Waals surface area (Å²) < 4.78 is 24.9. The number of hydrogen-bond donors (Lipinski definition) is 0. The molecule has 8 heteroatoms. The first kappa shape index (κ1) is 24.2. The van der Waals surface area contributed by atoms with Crippen molar-refractivity contribution in [3.8, 4) is 5.75 Å². The molecule has 0 unspecified atom stereocenters. The first-order chi connectivity index (χ1) is 15.4. The van der Waals surface area contributed by atoms with Crippen molar-refractivity contribution in [3.05, 3.63) is 52.0 Å². The monoisotopic (exact) mass is 462 g/mol. The molecule has 6 nitrogen and oxygen atoms in total. The van der Waals surface area contributed by atoms with E-state index in [1.54, 1.807) is 39.3 Å². The zero-order chi connectivity index (χ0) is 23.1. The van der Waals surface area contributed by atoms with Crippen LogP contribution in [0, 0.1) is 11.7 Å². The molecule has 0 fully saturated rings. The van der Waals surface area contributed by atoms with Crippen molar-refractivity contribution in [2.24, 2.45) is 5.92 Å². The summed E-state index contributed by atoms with van der Waals surface area (Å²) >= 11 is 1.66. The van der Waals surface area contributed by atoms with E-state index in [-0.39, 0.29) is 49.3 Å². The molecular weight excluding hydrogens is 431 g/mol. The predicted octanol–water partition coefficient (Wildman–Crippen LogP) is 3.91. The lowest BCUT2D eigenvalue weighted by Crippen LogP contribution is -2.49. The number of hydrogen-bond acceptors (Lipinski definition) is 5. The van der Waals surface area contributed by atoms with Gasteiger partial charge in [-0.2, -0.15) is 0 Å². The van der Waals surface area contributed by atoms with Gasteiger partial charge >= 0.3 is 0 Å². The minimum Gasteiger partial charge on any atom is -0.488 e. The lowest BCUT2D eigenvalue weighted by atomic mass is 10.00. The fraction of sp³-hybridized carbons (Fsp3) is 0.500. The van der Waals surface area contributed by atoms with Gasteiger partial charge in [-0.15, -0.1) is 11.3 Å². The third-order valence-electron chi connectivity index (χ3n) is 5.82. The molecule has 1 aromatic carbocycles. The molecule has 1 aliphatic heterocycles. The molecule has 0 spiro atoms. The summed E-state index contributed by atoms with van der Waals surface area (Å²) in [7, 11) is 1.47. The lowest BCUT2D eigenvalue weighted by Gasteiger charge is -2.37. The van der Waals surface area contributed by atoms with Gasteiger partial charge in [0.1, 0.15) is 13.2 Å². The zero-order valence-corrected chi connectivity index (χ0v) is 19.7. The van der Waals surface area contributed by atoms with Crippen molar-refractivity contribution in [3.63, 3.8) is 0 Å².